The summed E-state index contributed by atoms with van der Waals surface area (Å²) in [5.74, 6) is -1.28. The maximum absolute atomic E-state index is 13.4. The number of hydrogen-bond donors (Lipinski definition) is 2. The maximum atomic E-state index is 13.4. The van der Waals surface area contributed by atoms with Crippen molar-refractivity contribution in [3.63, 3.8) is 0 Å². The Morgan fingerprint density at radius 2 is 1.91 bits per heavy atom. The van der Waals surface area contributed by atoms with E-state index < -0.39 is 11.4 Å². The molecule has 3 rings (SSSR count). The monoisotopic (exact) mass is 451 g/mol. The van der Waals surface area contributed by atoms with Gasteiger partial charge in [-0.15, -0.1) is 0 Å². The lowest BCUT2D eigenvalue weighted by atomic mass is 10.0. The number of carbonyl (C=O) groups excluding carboxylic acids is 1. The quantitative estimate of drug-likeness (QED) is 0.552. The molecule has 0 saturated heterocycles. The van der Waals surface area contributed by atoms with Crippen LogP contribution < -0.4 is 5.32 Å². The molecule has 0 atom stereocenters. The third-order valence-corrected chi connectivity index (χ3v) is 4.47. The summed E-state index contributed by atoms with van der Waals surface area (Å²) in [7, 11) is 0. The van der Waals surface area contributed by atoms with Crippen LogP contribution in [0.25, 0.3) is 11.3 Å². The summed E-state index contributed by atoms with van der Waals surface area (Å²) in [6, 6.07) is 10.2. The number of halogens is 2. The van der Waals surface area contributed by atoms with Crippen LogP contribution in [0, 0.1) is 17.1 Å². The van der Waals surface area contributed by atoms with Crippen molar-refractivity contribution < 1.29 is 14.3 Å². The molecule has 162 valence electrons. The fraction of sp³-hybridized carbons (Fsp3) is 0.174. The molecular weight excluding hydrogens is 433 g/mol. The number of aliphatic imine (C=N–C) groups is 1. The molecule has 0 saturated carbocycles. The van der Waals surface area contributed by atoms with Crippen molar-refractivity contribution in [2.45, 2.75) is 26.3 Å². The van der Waals surface area contributed by atoms with Crippen molar-refractivity contribution in [3.8, 4) is 23.1 Å². The highest BCUT2D eigenvalue weighted by molar-refractivity contribution is 6.31. The lowest BCUT2D eigenvalue weighted by Crippen LogP contribution is -2.40. The Balaban J connectivity index is 2.02. The van der Waals surface area contributed by atoms with Crippen LogP contribution >= 0.6 is 11.6 Å². The first kappa shape index (κ1) is 22.8. The second-order valence-electron chi connectivity index (χ2n) is 7.86. The second kappa shape index (κ2) is 9.12. The van der Waals surface area contributed by atoms with Crippen LogP contribution in [0.15, 0.2) is 53.8 Å². The molecule has 3 aromatic rings. The molecule has 0 aliphatic rings. The average molecular weight is 452 g/mol. The second-order valence-corrected chi connectivity index (χ2v) is 8.27. The Morgan fingerprint density at radius 1 is 1.19 bits per heavy atom. The van der Waals surface area contributed by atoms with E-state index in [9.17, 15) is 19.6 Å². The minimum Gasteiger partial charge on any atom is -0.505 e. The fourth-order valence-corrected chi connectivity index (χ4v) is 2.97. The van der Waals surface area contributed by atoms with Crippen molar-refractivity contribution >= 4 is 28.9 Å². The van der Waals surface area contributed by atoms with Gasteiger partial charge in [0.25, 0.3) is 5.91 Å². The van der Waals surface area contributed by atoms with Crippen LogP contribution in [-0.4, -0.2) is 32.2 Å². The Bertz CT molecular complexity index is 1260. The van der Waals surface area contributed by atoms with Gasteiger partial charge in [-0.25, -0.2) is 9.38 Å². The van der Waals surface area contributed by atoms with Gasteiger partial charge in [-0.2, -0.15) is 5.26 Å². The van der Waals surface area contributed by atoms with Gasteiger partial charge in [-0.1, -0.05) is 11.6 Å². The number of aromatic hydroxyl groups is 1. The van der Waals surface area contributed by atoms with Crippen molar-refractivity contribution in [1.29, 1.82) is 5.26 Å². The van der Waals surface area contributed by atoms with E-state index >= 15 is 0 Å². The van der Waals surface area contributed by atoms with E-state index in [0.29, 0.717) is 5.56 Å². The molecule has 0 fully saturated rings. The minimum atomic E-state index is -0.609. The van der Waals surface area contributed by atoms with Gasteiger partial charge >= 0.3 is 0 Å². The number of benzene rings is 1. The lowest BCUT2D eigenvalue weighted by Gasteiger charge is -2.20. The molecular formula is C23H19ClFN5O2. The highest BCUT2D eigenvalue weighted by atomic mass is 35.5. The molecule has 7 nitrogen and oxygen atoms in total. The zero-order valence-electron chi connectivity index (χ0n) is 17.5. The Hall–Kier alpha value is -3.83. The number of nitrogens with zero attached hydrogens (tertiary/aromatic N) is 4. The van der Waals surface area contributed by atoms with E-state index in [4.69, 9.17) is 11.6 Å². The van der Waals surface area contributed by atoms with Gasteiger partial charge in [0.1, 0.15) is 23.3 Å². The molecule has 0 aliphatic heterocycles. The first-order valence-electron chi connectivity index (χ1n) is 9.50. The van der Waals surface area contributed by atoms with Gasteiger partial charge in [0, 0.05) is 23.5 Å². The molecule has 2 aromatic heterocycles. The van der Waals surface area contributed by atoms with E-state index in [-0.39, 0.29) is 45.0 Å². The number of rotatable bonds is 4. The van der Waals surface area contributed by atoms with Crippen molar-refractivity contribution in [1.82, 2.24) is 15.3 Å². The summed E-state index contributed by atoms with van der Waals surface area (Å²) in [6.45, 7) is 5.55. The molecule has 32 heavy (non-hydrogen) atoms. The van der Waals surface area contributed by atoms with Crippen LogP contribution in [0.1, 0.15) is 36.8 Å². The van der Waals surface area contributed by atoms with Crippen LogP contribution in [0.3, 0.4) is 0 Å². The summed E-state index contributed by atoms with van der Waals surface area (Å²) in [4.78, 5) is 24.9. The Kier molecular flexibility index (Phi) is 6.51. The third kappa shape index (κ3) is 5.25. The molecule has 2 heterocycles. The van der Waals surface area contributed by atoms with Crippen LogP contribution in [0.5, 0.6) is 5.75 Å². The highest BCUT2D eigenvalue weighted by Gasteiger charge is 2.19. The largest absolute Gasteiger partial charge is 0.505 e. The number of pyridine rings is 2. The standard InChI is InChI=1S/C23H19ClFN5O2/c1-23(2,3)30-22(32)18-10-13(6-8-27-18)20-21(31)15(7-9-28-20)19(12-26)29-14-4-5-17(25)16(24)11-14/h4-11,31H,1-3H3,(H,30,32)/b29-19+. The van der Waals surface area contributed by atoms with Crippen LogP contribution in [0.4, 0.5) is 10.1 Å². The zero-order chi connectivity index (χ0) is 23.5. The van der Waals surface area contributed by atoms with Crippen molar-refractivity contribution in [2.75, 3.05) is 0 Å². The van der Waals surface area contributed by atoms with E-state index in [0.717, 1.165) is 6.07 Å². The maximum Gasteiger partial charge on any atom is 0.270 e. The Labute approximate surface area is 189 Å². The first-order valence-corrected chi connectivity index (χ1v) is 9.88. The molecule has 2 N–H and O–H groups in total. The van der Waals surface area contributed by atoms with Crippen LogP contribution in [-0.2, 0) is 0 Å². The number of aromatic nitrogens is 2. The first-order chi connectivity index (χ1) is 15.1. The van der Waals surface area contributed by atoms with Gasteiger partial charge < -0.3 is 10.4 Å². The van der Waals surface area contributed by atoms with Crippen molar-refractivity contribution in [2.24, 2.45) is 4.99 Å². The zero-order valence-corrected chi connectivity index (χ0v) is 18.3. The topological polar surface area (TPSA) is 111 Å². The minimum absolute atomic E-state index is 0.117. The highest BCUT2D eigenvalue weighted by Crippen LogP contribution is 2.31. The number of hydrogen-bond acceptors (Lipinski definition) is 6. The number of amides is 1. The van der Waals surface area contributed by atoms with Gasteiger partial charge in [0.15, 0.2) is 11.5 Å². The van der Waals surface area contributed by atoms with Gasteiger partial charge in [-0.05, 0) is 57.2 Å². The SMILES string of the molecule is CC(C)(C)NC(=O)c1cc(-c2nccc(/C(C#N)=N/c3ccc(F)c(Cl)c3)c2O)ccn1. The normalized spacial score (nSPS) is 11.7. The predicted octanol–water partition coefficient (Wildman–Crippen LogP) is 4.81. The van der Waals surface area contributed by atoms with E-state index in [1.165, 1.54) is 36.7 Å². The average Bonchev–Trinajstić information content (AvgIpc) is 2.74. The molecule has 0 spiro atoms. The molecule has 0 unspecified atom stereocenters. The number of nitrogens with one attached hydrogen (secondary N) is 1. The summed E-state index contributed by atoms with van der Waals surface area (Å²) in [5, 5.41) is 23.1. The molecule has 9 heteroatoms. The van der Waals surface area contributed by atoms with E-state index in [2.05, 4.69) is 20.3 Å². The molecule has 0 bridgehead atoms. The number of carbonyl (C=O) groups is 1. The lowest BCUT2D eigenvalue weighted by molar-refractivity contribution is 0.0914. The third-order valence-electron chi connectivity index (χ3n) is 4.18. The molecule has 0 radical (unpaired) electrons. The summed E-state index contributed by atoms with van der Waals surface area (Å²) in [5.41, 5.74) is 0.533. The molecule has 1 aromatic carbocycles. The van der Waals surface area contributed by atoms with Crippen molar-refractivity contribution in [3.05, 3.63) is 70.9 Å². The van der Waals surface area contributed by atoms with E-state index in [1.54, 1.807) is 6.07 Å². The van der Waals surface area contributed by atoms with Crippen LogP contribution in [0.2, 0.25) is 5.02 Å². The number of nitriles is 1. The molecule has 0 aliphatic carbocycles. The smallest absolute Gasteiger partial charge is 0.270 e. The summed E-state index contributed by atoms with van der Waals surface area (Å²) >= 11 is 5.78. The summed E-state index contributed by atoms with van der Waals surface area (Å²) in [6.07, 6.45) is 2.84. The van der Waals surface area contributed by atoms with Gasteiger partial charge in [0.2, 0.25) is 0 Å². The Morgan fingerprint density at radius 3 is 2.56 bits per heavy atom. The predicted molar refractivity (Wildman–Crippen MR) is 120 cm³/mol. The van der Waals surface area contributed by atoms with E-state index in [1.807, 2.05) is 26.8 Å². The van der Waals surface area contributed by atoms with Gasteiger partial charge in [0.05, 0.1) is 16.3 Å². The summed E-state index contributed by atoms with van der Waals surface area (Å²) < 4.78 is 13.4. The fourth-order valence-electron chi connectivity index (χ4n) is 2.79. The molecule has 1 amide bonds. The van der Waals surface area contributed by atoms with Gasteiger partial charge in [-0.3, -0.25) is 14.8 Å².